The molecule has 0 radical (unpaired) electrons. The Morgan fingerprint density at radius 3 is 2.66 bits per heavy atom. The number of fused-ring (bicyclic) bond motifs is 1. The van der Waals surface area contributed by atoms with Crippen LogP contribution in [0, 0.1) is 0 Å². The third-order valence-electron chi connectivity index (χ3n) is 4.32. The van der Waals surface area contributed by atoms with Crippen LogP contribution >= 0.6 is 11.3 Å². The zero-order chi connectivity index (χ0) is 20.4. The van der Waals surface area contributed by atoms with E-state index in [0.29, 0.717) is 44.4 Å². The van der Waals surface area contributed by atoms with Gasteiger partial charge in [-0.3, -0.25) is 4.79 Å². The highest BCUT2D eigenvalue weighted by Crippen LogP contribution is 2.39. The second-order valence-electron chi connectivity index (χ2n) is 5.87. The molecule has 4 rings (SSSR count). The van der Waals surface area contributed by atoms with Gasteiger partial charge in [0.25, 0.3) is 5.56 Å². The van der Waals surface area contributed by atoms with E-state index >= 15 is 0 Å². The lowest BCUT2D eigenvalue weighted by molar-refractivity contribution is 0.324. The van der Waals surface area contributed by atoms with Crippen molar-refractivity contribution in [3.63, 3.8) is 0 Å². The second kappa shape index (κ2) is 7.80. The molecule has 1 aromatic carbocycles. The number of benzene rings is 1. The molecule has 9 heteroatoms. The van der Waals surface area contributed by atoms with Gasteiger partial charge in [0, 0.05) is 16.5 Å². The molecule has 148 valence electrons. The molecule has 0 spiro atoms. The van der Waals surface area contributed by atoms with Crippen molar-refractivity contribution in [1.82, 2.24) is 9.66 Å². The van der Waals surface area contributed by atoms with E-state index in [0.717, 1.165) is 0 Å². The number of aromatic nitrogens is 2. The number of nitrogens with zero attached hydrogens (tertiary/aromatic N) is 3. The molecule has 0 N–H and O–H groups in total. The molecule has 0 aliphatic carbocycles. The smallest absolute Gasteiger partial charge is 0.283 e. The largest absolute Gasteiger partial charge is 0.493 e. The minimum Gasteiger partial charge on any atom is -0.493 e. The molecule has 0 amide bonds. The Morgan fingerprint density at radius 1 is 1.14 bits per heavy atom. The van der Waals surface area contributed by atoms with Crippen molar-refractivity contribution in [2.45, 2.75) is 0 Å². The van der Waals surface area contributed by atoms with Crippen molar-refractivity contribution in [2.75, 3.05) is 21.3 Å². The van der Waals surface area contributed by atoms with Crippen molar-refractivity contribution in [3.8, 4) is 28.6 Å². The van der Waals surface area contributed by atoms with Crippen LogP contribution in [0.1, 0.15) is 5.56 Å². The van der Waals surface area contributed by atoms with Gasteiger partial charge in [-0.2, -0.15) is 9.78 Å². The van der Waals surface area contributed by atoms with Crippen molar-refractivity contribution >= 4 is 27.8 Å². The molecule has 0 bridgehead atoms. The summed E-state index contributed by atoms with van der Waals surface area (Å²) in [5.41, 5.74) is 1.02. The Morgan fingerprint density at radius 2 is 1.97 bits per heavy atom. The van der Waals surface area contributed by atoms with E-state index in [1.807, 2.05) is 5.38 Å². The molecular weight excluding hydrogens is 394 g/mol. The van der Waals surface area contributed by atoms with E-state index in [9.17, 15) is 4.79 Å². The maximum absolute atomic E-state index is 13.0. The summed E-state index contributed by atoms with van der Waals surface area (Å²) in [4.78, 5) is 18.0. The summed E-state index contributed by atoms with van der Waals surface area (Å²) >= 11 is 1.38. The first-order valence-corrected chi connectivity index (χ1v) is 9.42. The molecule has 0 saturated carbocycles. The van der Waals surface area contributed by atoms with Crippen LogP contribution in [0.2, 0.25) is 0 Å². The number of hydrogen-bond acceptors (Lipinski definition) is 8. The Bertz CT molecular complexity index is 1240. The van der Waals surface area contributed by atoms with Gasteiger partial charge in [0.05, 0.1) is 39.2 Å². The van der Waals surface area contributed by atoms with Gasteiger partial charge in [-0.15, -0.1) is 11.3 Å². The van der Waals surface area contributed by atoms with Gasteiger partial charge in [-0.05, 0) is 24.3 Å². The number of thiophene rings is 1. The van der Waals surface area contributed by atoms with E-state index in [-0.39, 0.29) is 5.56 Å². The van der Waals surface area contributed by atoms with Gasteiger partial charge < -0.3 is 18.6 Å². The zero-order valence-corrected chi connectivity index (χ0v) is 16.7. The molecule has 3 aromatic heterocycles. The zero-order valence-electron chi connectivity index (χ0n) is 15.9. The third-order valence-corrected chi connectivity index (χ3v) is 5.21. The van der Waals surface area contributed by atoms with Crippen molar-refractivity contribution in [1.29, 1.82) is 0 Å². The second-order valence-corrected chi connectivity index (χ2v) is 6.73. The van der Waals surface area contributed by atoms with Crippen LogP contribution in [0.25, 0.3) is 21.5 Å². The van der Waals surface area contributed by atoms with Gasteiger partial charge in [-0.25, -0.2) is 4.98 Å². The number of furan rings is 1. The molecule has 0 aliphatic heterocycles. The van der Waals surface area contributed by atoms with Gasteiger partial charge in [0.1, 0.15) is 16.9 Å². The average Bonchev–Trinajstić information content (AvgIpc) is 3.42. The molecule has 0 fully saturated rings. The van der Waals surface area contributed by atoms with Gasteiger partial charge >= 0.3 is 0 Å². The lowest BCUT2D eigenvalue weighted by Crippen LogP contribution is -2.16. The number of hydrogen-bond donors (Lipinski definition) is 0. The van der Waals surface area contributed by atoms with Crippen LogP contribution in [0.15, 0.2) is 56.5 Å². The lowest BCUT2D eigenvalue weighted by atomic mass is 10.2. The van der Waals surface area contributed by atoms with Crippen LogP contribution in [0.4, 0.5) is 0 Å². The molecule has 8 nitrogen and oxygen atoms in total. The molecular formula is C20H17N3O5S. The highest BCUT2D eigenvalue weighted by atomic mass is 32.1. The van der Waals surface area contributed by atoms with E-state index in [1.165, 1.54) is 42.8 Å². The van der Waals surface area contributed by atoms with Crippen molar-refractivity contribution in [3.05, 3.63) is 58.2 Å². The van der Waals surface area contributed by atoms with Gasteiger partial charge in [0.2, 0.25) is 5.75 Å². The standard InChI is InChI=1S/C20H17N3O5S/c1-25-15-7-6-12(17(26-2)18(15)27-3)9-22-23-11-21-19-16(20(23)24)13(10-29-19)14-5-4-8-28-14/h4-11H,1-3H3/b22-9-. The fourth-order valence-corrected chi connectivity index (χ4v) is 3.86. The third kappa shape index (κ3) is 3.25. The molecule has 4 aromatic rings. The van der Waals surface area contributed by atoms with Crippen LogP contribution in [-0.2, 0) is 0 Å². The first-order valence-electron chi connectivity index (χ1n) is 8.54. The molecule has 29 heavy (non-hydrogen) atoms. The Balaban J connectivity index is 1.79. The van der Waals surface area contributed by atoms with Crippen LogP contribution < -0.4 is 19.8 Å². The number of ether oxygens (including phenoxy) is 3. The van der Waals surface area contributed by atoms with Gasteiger partial charge in [0.15, 0.2) is 11.5 Å². The maximum Gasteiger partial charge on any atom is 0.283 e. The quantitative estimate of drug-likeness (QED) is 0.450. The Hall–Kier alpha value is -3.59. The molecule has 0 atom stereocenters. The summed E-state index contributed by atoms with van der Waals surface area (Å²) < 4.78 is 22.7. The summed E-state index contributed by atoms with van der Waals surface area (Å²) in [7, 11) is 4.59. The van der Waals surface area contributed by atoms with Crippen LogP contribution in [-0.4, -0.2) is 37.2 Å². The lowest BCUT2D eigenvalue weighted by Gasteiger charge is -2.13. The summed E-state index contributed by atoms with van der Waals surface area (Å²) in [6.07, 6.45) is 4.46. The highest BCUT2D eigenvalue weighted by molar-refractivity contribution is 7.17. The topological polar surface area (TPSA) is 88.1 Å². The molecule has 0 aliphatic rings. The first kappa shape index (κ1) is 18.8. The van der Waals surface area contributed by atoms with Crippen molar-refractivity contribution < 1.29 is 18.6 Å². The predicted molar refractivity (Wildman–Crippen MR) is 111 cm³/mol. The number of methoxy groups -OCH3 is 3. The SMILES string of the molecule is COc1ccc(/C=N\n2cnc3scc(-c4ccco4)c3c2=O)c(OC)c1OC. The highest BCUT2D eigenvalue weighted by Gasteiger charge is 2.16. The molecule has 0 saturated heterocycles. The molecule has 3 heterocycles. The summed E-state index contributed by atoms with van der Waals surface area (Å²) in [6.45, 7) is 0. The maximum atomic E-state index is 13.0. The minimum absolute atomic E-state index is 0.293. The van der Waals surface area contributed by atoms with E-state index in [1.54, 1.807) is 37.6 Å². The Labute approximate surface area is 169 Å². The van der Waals surface area contributed by atoms with Gasteiger partial charge in [-0.1, -0.05) is 0 Å². The fraction of sp³-hybridized carbons (Fsp3) is 0.150. The van der Waals surface area contributed by atoms with Crippen LogP contribution in [0.3, 0.4) is 0 Å². The Kier molecular flexibility index (Phi) is 5.05. The van der Waals surface area contributed by atoms with Crippen LogP contribution in [0.5, 0.6) is 17.2 Å². The number of rotatable bonds is 6. The first-order chi connectivity index (χ1) is 14.2. The normalized spacial score (nSPS) is 11.3. The predicted octanol–water partition coefficient (Wildman–Crippen LogP) is 3.63. The summed E-state index contributed by atoms with van der Waals surface area (Å²) in [5, 5.41) is 6.59. The molecule has 0 unspecified atom stereocenters. The van der Waals surface area contributed by atoms with E-state index < -0.39 is 0 Å². The average molecular weight is 411 g/mol. The van der Waals surface area contributed by atoms with Crippen molar-refractivity contribution in [2.24, 2.45) is 5.10 Å². The fourth-order valence-electron chi connectivity index (χ4n) is 2.97. The van der Waals surface area contributed by atoms with E-state index in [2.05, 4.69) is 10.1 Å². The van der Waals surface area contributed by atoms with E-state index in [4.69, 9.17) is 18.6 Å². The summed E-state index contributed by atoms with van der Waals surface area (Å²) in [6, 6.07) is 7.08. The summed E-state index contributed by atoms with van der Waals surface area (Å²) in [5.74, 6) is 2.03. The monoisotopic (exact) mass is 411 g/mol. The minimum atomic E-state index is -0.293.